The number of aromatic nitrogens is 1. The van der Waals surface area contributed by atoms with Gasteiger partial charge in [0.15, 0.2) is 0 Å². The number of benzene rings is 1. The van der Waals surface area contributed by atoms with Gasteiger partial charge in [0.05, 0.1) is 6.61 Å². The van der Waals surface area contributed by atoms with Crippen molar-refractivity contribution < 1.29 is 13.5 Å². The van der Waals surface area contributed by atoms with Crippen LogP contribution in [0.15, 0.2) is 41.4 Å². The van der Waals surface area contributed by atoms with E-state index in [-0.39, 0.29) is 11.5 Å². The van der Waals surface area contributed by atoms with Gasteiger partial charge < -0.3 is 9.67 Å². The molecule has 5 nitrogen and oxygen atoms in total. The molecule has 0 fully saturated rings. The summed E-state index contributed by atoms with van der Waals surface area (Å²) in [5.74, 6) is 0. The van der Waals surface area contributed by atoms with Crippen molar-refractivity contribution in [3.63, 3.8) is 0 Å². The summed E-state index contributed by atoms with van der Waals surface area (Å²) in [6.07, 6.45) is 2.43. The predicted octanol–water partition coefficient (Wildman–Crippen LogP) is 2.50. The van der Waals surface area contributed by atoms with Crippen LogP contribution in [0.3, 0.4) is 0 Å². The smallest absolute Gasteiger partial charge is 0.263 e. The van der Waals surface area contributed by atoms with Crippen molar-refractivity contribution in [2.24, 2.45) is 0 Å². The van der Waals surface area contributed by atoms with Crippen LogP contribution in [0, 0.1) is 6.92 Å². The van der Waals surface area contributed by atoms with Gasteiger partial charge in [-0.3, -0.25) is 4.72 Å². The Balaban J connectivity index is 2.31. The van der Waals surface area contributed by atoms with Gasteiger partial charge in [-0.2, -0.15) is 0 Å². The highest BCUT2D eigenvalue weighted by Gasteiger charge is 2.18. The van der Waals surface area contributed by atoms with Crippen molar-refractivity contribution in [1.82, 2.24) is 4.57 Å². The first kappa shape index (κ1) is 15.6. The minimum absolute atomic E-state index is 0.168. The molecule has 21 heavy (non-hydrogen) atoms. The van der Waals surface area contributed by atoms with Crippen LogP contribution in [0.4, 0.5) is 5.69 Å². The summed E-state index contributed by atoms with van der Waals surface area (Å²) in [5, 5.41) is 9.31. The Kier molecular flexibility index (Phi) is 4.69. The molecule has 0 bridgehead atoms. The number of anilines is 1. The van der Waals surface area contributed by atoms with Gasteiger partial charge in [-0.1, -0.05) is 19.1 Å². The van der Waals surface area contributed by atoms with Crippen molar-refractivity contribution in [1.29, 1.82) is 0 Å². The van der Waals surface area contributed by atoms with Crippen LogP contribution in [0.5, 0.6) is 0 Å². The van der Waals surface area contributed by atoms with Crippen LogP contribution in [0.1, 0.15) is 24.6 Å². The normalized spacial score (nSPS) is 11.6. The number of hydrogen-bond donors (Lipinski definition) is 2. The van der Waals surface area contributed by atoms with Crippen LogP contribution in [-0.4, -0.2) is 18.1 Å². The highest BCUT2D eigenvalue weighted by atomic mass is 32.2. The largest absolute Gasteiger partial charge is 0.390 e. The summed E-state index contributed by atoms with van der Waals surface area (Å²) in [7, 11) is -3.64. The molecule has 0 aliphatic rings. The van der Waals surface area contributed by atoms with Crippen molar-refractivity contribution in [3.8, 4) is 0 Å². The number of aliphatic hydroxyl groups is 1. The Labute approximate surface area is 125 Å². The third kappa shape index (κ3) is 3.65. The van der Waals surface area contributed by atoms with E-state index in [2.05, 4.69) is 4.72 Å². The van der Waals surface area contributed by atoms with Crippen LogP contribution in [0.2, 0.25) is 0 Å². The minimum atomic E-state index is -3.64. The van der Waals surface area contributed by atoms with Crippen molar-refractivity contribution >= 4 is 15.7 Å². The number of sulfonamides is 1. The van der Waals surface area contributed by atoms with Crippen LogP contribution >= 0.6 is 0 Å². The maximum absolute atomic E-state index is 12.4. The monoisotopic (exact) mass is 308 g/mol. The fourth-order valence-corrected chi connectivity index (χ4v) is 3.29. The van der Waals surface area contributed by atoms with Gasteiger partial charge in [0, 0.05) is 24.1 Å². The van der Waals surface area contributed by atoms with E-state index in [0.717, 1.165) is 12.0 Å². The molecule has 0 aliphatic heterocycles. The quantitative estimate of drug-likeness (QED) is 0.861. The van der Waals surface area contributed by atoms with E-state index < -0.39 is 10.0 Å². The van der Waals surface area contributed by atoms with Gasteiger partial charge in [-0.25, -0.2) is 8.42 Å². The molecule has 1 heterocycles. The number of nitrogens with zero attached hydrogens (tertiary/aromatic N) is 1. The molecule has 0 aliphatic carbocycles. The Hall–Kier alpha value is -1.79. The molecule has 0 saturated carbocycles. The summed E-state index contributed by atoms with van der Waals surface area (Å²) in [5.41, 5.74) is 2.11. The Morgan fingerprint density at radius 2 is 2.05 bits per heavy atom. The number of hydrogen-bond acceptors (Lipinski definition) is 3. The van der Waals surface area contributed by atoms with Gasteiger partial charge >= 0.3 is 0 Å². The van der Waals surface area contributed by atoms with Gasteiger partial charge in [-0.15, -0.1) is 0 Å². The zero-order valence-corrected chi connectivity index (χ0v) is 13.0. The first-order valence-electron chi connectivity index (χ1n) is 6.85. The first-order valence-corrected chi connectivity index (χ1v) is 8.34. The maximum Gasteiger partial charge on any atom is 0.263 e. The predicted molar refractivity (Wildman–Crippen MR) is 82.6 cm³/mol. The van der Waals surface area contributed by atoms with E-state index in [9.17, 15) is 13.5 Å². The molecule has 1 aromatic heterocycles. The molecule has 0 saturated heterocycles. The molecule has 6 heteroatoms. The second-order valence-electron chi connectivity index (χ2n) is 4.99. The topological polar surface area (TPSA) is 71.3 Å². The molecule has 0 unspecified atom stereocenters. The molecule has 2 rings (SSSR count). The lowest BCUT2D eigenvalue weighted by Gasteiger charge is -2.07. The van der Waals surface area contributed by atoms with Crippen molar-refractivity contribution in [3.05, 3.63) is 47.8 Å². The van der Waals surface area contributed by atoms with E-state index in [1.165, 1.54) is 6.07 Å². The zero-order chi connectivity index (χ0) is 15.5. The Morgan fingerprint density at radius 3 is 2.67 bits per heavy atom. The standard InChI is InChI=1S/C15H20N2O3S/c1-3-7-17-10-15(9-14(17)11-18)21(19,20)16-13-6-4-5-12(2)8-13/h4-6,8-10,16,18H,3,7,11H2,1-2H3. The van der Waals surface area contributed by atoms with Crippen LogP contribution in [-0.2, 0) is 23.2 Å². The summed E-state index contributed by atoms with van der Waals surface area (Å²) >= 11 is 0. The van der Waals surface area contributed by atoms with Crippen LogP contribution in [0.25, 0.3) is 0 Å². The Bertz CT molecular complexity index is 720. The minimum Gasteiger partial charge on any atom is -0.390 e. The summed E-state index contributed by atoms with van der Waals surface area (Å²) in [6, 6.07) is 8.69. The zero-order valence-electron chi connectivity index (χ0n) is 12.2. The molecule has 1 aromatic carbocycles. The molecule has 0 amide bonds. The fraction of sp³-hybridized carbons (Fsp3) is 0.333. The van der Waals surface area contributed by atoms with E-state index in [1.807, 2.05) is 19.9 Å². The van der Waals surface area contributed by atoms with Crippen LogP contribution < -0.4 is 4.72 Å². The fourth-order valence-electron chi connectivity index (χ4n) is 2.18. The van der Waals surface area contributed by atoms with E-state index in [0.29, 0.717) is 17.9 Å². The lowest BCUT2D eigenvalue weighted by molar-refractivity contribution is 0.270. The molecule has 0 radical (unpaired) electrons. The van der Waals surface area contributed by atoms with Gasteiger partial charge in [0.2, 0.25) is 0 Å². The van der Waals surface area contributed by atoms with Gasteiger partial charge in [-0.05, 0) is 37.1 Å². The number of aliphatic hydroxyl groups excluding tert-OH is 1. The summed E-state index contributed by atoms with van der Waals surface area (Å²) in [4.78, 5) is 0.168. The molecule has 0 spiro atoms. The number of rotatable bonds is 6. The molecule has 2 aromatic rings. The average molecular weight is 308 g/mol. The molecule has 0 atom stereocenters. The summed E-state index contributed by atoms with van der Waals surface area (Å²) < 4.78 is 29.1. The number of aryl methyl sites for hydroxylation is 2. The van der Waals surface area contributed by atoms with E-state index in [4.69, 9.17) is 0 Å². The molecular formula is C15H20N2O3S. The highest BCUT2D eigenvalue weighted by Crippen LogP contribution is 2.20. The van der Waals surface area contributed by atoms with Gasteiger partial charge in [0.25, 0.3) is 10.0 Å². The third-order valence-corrected chi connectivity index (χ3v) is 4.52. The lowest BCUT2D eigenvalue weighted by atomic mass is 10.2. The van der Waals surface area contributed by atoms with Crippen molar-refractivity contribution in [2.45, 2.75) is 38.3 Å². The first-order chi connectivity index (χ1) is 9.96. The van der Waals surface area contributed by atoms with Crippen molar-refractivity contribution in [2.75, 3.05) is 4.72 Å². The SMILES string of the molecule is CCCn1cc(S(=O)(=O)Nc2cccc(C)c2)cc1CO. The molecule has 2 N–H and O–H groups in total. The van der Waals surface area contributed by atoms with E-state index >= 15 is 0 Å². The highest BCUT2D eigenvalue weighted by molar-refractivity contribution is 7.92. The Morgan fingerprint density at radius 1 is 1.29 bits per heavy atom. The number of nitrogens with one attached hydrogen (secondary N) is 1. The lowest BCUT2D eigenvalue weighted by Crippen LogP contribution is -2.12. The molecular weight excluding hydrogens is 288 g/mol. The van der Waals surface area contributed by atoms with E-state index in [1.54, 1.807) is 29.0 Å². The third-order valence-electron chi connectivity index (χ3n) is 3.17. The average Bonchev–Trinajstić information content (AvgIpc) is 2.83. The van der Waals surface area contributed by atoms with Gasteiger partial charge in [0.1, 0.15) is 4.90 Å². The molecule has 114 valence electrons. The second kappa shape index (κ2) is 6.32. The summed E-state index contributed by atoms with van der Waals surface area (Å²) in [6.45, 7) is 4.40. The second-order valence-corrected chi connectivity index (χ2v) is 6.68. The maximum atomic E-state index is 12.4.